The number of nitrogens with zero attached hydrogens (tertiary/aromatic N) is 2. The molecule has 0 atom stereocenters. The number of rotatable bonds is 5. The van der Waals surface area contributed by atoms with Gasteiger partial charge < -0.3 is 4.74 Å². The Labute approximate surface area is 151 Å². The third-order valence-corrected chi connectivity index (χ3v) is 4.80. The molecule has 3 aromatic rings. The third-order valence-electron chi connectivity index (χ3n) is 3.92. The average molecular weight is 346 g/mol. The molecule has 4 heteroatoms. The monoisotopic (exact) mass is 346 g/mol. The maximum atomic E-state index is 9.53. The second-order valence-corrected chi connectivity index (χ2v) is 6.39. The van der Waals surface area contributed by atoms with Gasteiger partial charge in [0, 0.05) is 10.9 Å². The highest BCUT2D eigenvalue weighted by Gasteiger charge is 2.09. The van der Waals surface area contributed by atoms with Crippen LogP contribution in [0.3, 0.4) is 0 Å². The van der Waals surface area contributed by atoms with Crippen molar-refractivity contribution in [3.05, 3.63) is 70.0 Å². The first-order valence-corrected chi connectivity index (χ1v) is 8.92. The zero-order valence-electron chi connectivity index (χ0n) is 14.2. The van der Waals surface area contributed by atoms with Gasteiger partial charge in [-0.2, -0.15) is 5.26 Å². The zero-order valence-corrected chi connectivity index (χ0v) is 15.0. The third kappa shape index (κ3) is 3.96. The number of thiazole rings is 1. The molecular formula is C21H18N2OS. The van der Waals surface area contributed by atoms with Crippen molar-refractivity contribution in [3.63, 3.8) is 0 Å². The van der Waals surface area contributed by atoms with Crippen LogP contribution in [0, 0.1) is 11.3 Å². The van der Waals surface area contributed by atoms with Gasteiger partial charge in [-0.3, -0.25) is 0 Å². The predicted octanol–water partition coefficient (Wildman–Crippen LogP) is 5.45. The molecule has 0 saturated carbocycles. The van der Waals surface area contributed by atoms with E-state index in [1.165, 1.54) is 16.9 Å². The Hall–Kier alpha value is -2.90. The van der Waals surface area contributed by atoms with Crippen molar-refractivity contribution in [1.29, 1.82) is 5.26 Å². The quantitative estimate of drug-likeness (QED) is 0.577. The summed E-state index contributed by atoms with van der Waals surface area (Å²) in [7, 11) is 1.64. The van der Waals surface area contributed by atoms with Crippen molar-refractivity contribution >= 4 is 23.0 Å². The van der Waals surface area contributed by atoms with Crippen LogP contribution in [0.15, 0.2) is 53.9 Å². The van der Waals surface area contributed by atoms with E-state index in [4.69, 9.17) is 4.74 Å². The molecule has 2 aromatic carbocycles. The van der Waals surface area contributed by atoms with Crippen LogP contribution in [-0.2, 0) is 6.42 Å². The summed E-state index contributed by atoms with van der Waals surface area (Å²) in [6.45, 7) is 2.13. The van der Waals surface area contributed by atoms with Crippen LogP contribution in [0.1, 0.15) is 23.1 Å². The molecule has 0 spiro atoms. The maximum absolute atomic E-state index is 9.53. The number of methoxy groups -OCH3 is 1. The highest BCUT2D eigenvalue weighted by Crippen LogP contribution is 2.29. The molecule has 0 saturated heterocycles. The van der Waals surface area contributed by atoms with Gasteiger partial charge in [-0.05, 0) is 35.8 Å². The molecule has 0 N–H and O–H groups in total. The van der Waals surface area contributed by atoms with Crippen molar-refractivity contribution in [2.45, 2.75) is 13.3 Å². The normalized spacial score (nSPS) is 11.2. The minimum atomic E-state index is 0.573. The number of hydrogen-bond acceptors (Lipinski definition) is 4. The van der Waals surface area contributed by atoms with Crippen molar-refractivity contribution in [2.24, 2.45) is 0 Å². The molecule has 0 fully saturated rings. The van der Waals surface area contributed by atoms with Gasteiger partial charge in [-0.25, -0.2) is 4.98 Å². The first kappa shape index (κ1) is 16.9. The summed E-state index contributed by atoms with van der Waals surface area (Å²) in [5, 5.41) is 12.2. The molecule has 0 bridgehead atoms. The lowest BCUT2D eigenvalue weighted by molar-refractivity contribution is 0.415. The second kappa shape index (κ2) is 7.78. The minimum Gasteiger partial charge on any atom is -0.497 e. The summed E-state index contributed by atoms with van der Waals surface area (Å²) < 4.78 is 5.26. The van der Waals surface area contributed by atoms with Crippen molar-refractivity contribution in [1.82, 2.24) is 4.98 Å². The van der Waals surface area contributed by atoms with Crippen molar-refractivity contribution < 1.29 is 4.74 Å². The standard InChI is InChI=1S/C21H18N2OS/c1-3-15-7-9-16(10-8-15)11-18(13-22)21-23-20(14-25-21)17-5-4-6-19(12-17)24-2/h4-12,14H,3H2,1-2H3/b18-11+. The number of allylic oxidation sites excluding steroid dienone is 1. The summed E-state index contributed by atoms with van der Waals surface area (Å²) in [6, 6.07) is 18.3. The van der Waals surface area contributed by atoms with Gasteiger partial charge in [0.2, 0.25) is 0 Å². The van der Waals surface area contributed by atoms with Gasteiger partial charge in [0.05, 0.1) is 18.4 Å². The molecule has 3 nitrogen and oxygen atoms in total. The van der Waals surface area contributed by atoms with Crippen LogP contribution >= 0.6 is 11.3 Å². The molecule has 0 aliphatic heterocycles. The highest BCUT2D eigenvalue weighted by molar-refractivity contribution is 7.11. The maximum Gasteiger partial charge on any atom is 0.134 e. The fourth-order valence-corrected chi connectivity index (χ4v) is 3.27. The van der Waals surface area contributed by atoms with E-state index in [0.717, 1.165) is 34.0 Å². The molecule has 124 valence electrons. The Balaban J connectivity index is 1.90. The fraction of sp³-hybridized carbons (Fsp3) is 0.143. The molecule has 0 aliphatic rings. The molecule has 25 heavy (non-hydrogen) atoms. The highest BCUT2D eigenvalue weighted by atomic mass is 32.1. The summed E-state index contributed by atoms with van der Waals surface area (Å²) in [4.78, 5) is 4.63. The second-order valence-electron chi connectivity index (χ2n) is 5.53. The number of nitriles is 1. The van der Waals surface area contributed by atoms with Crippen LogP contribution in [0.2, 0.25) is 0 Å². The van der Waals surface area contributed by atoms with Gasteiger partial charge in [-0.1, -0.05) is 43.3 Å². The van der Waals surface area contributed by atoms with E-state index in [1.54, 1.807) is 7.11 Å². The number of benzene rings is 2. The van der Waals surface area contributed by atoms with Crippen molar-refractivity contribution in [3.8, 4) is 23.1 Å². The fourth-order valence-electron chi connectivity index (χ4n) is 2.47. The summed E-state index contributed by atoms with van der Waals surface area (Å²) in [5.74, 6) is 0.791. The van der Waals surface area contributed by atoms with Crippen LogP contribution in [0.4, 0.5) is 0 Å². The number of hydrogen-bond donors (Lipinski definition) is 0. The molecule has 1 aromatic heterocycles. The van der Waals surface area contributed by atoms with E-state index in [9.17, 15) is 5.26 Å². The Bertz CT molecular complexity index is 933. The van der Waals surface area contributed by atoms with E-state index in [0.29, 0.717) is 5.57 Å². The molecule has 0 aliphatic carbocycles. The molecule has 0 amide bonds. The van der Waals surface area contributed by atoms with E-state index >= 15 is 0 Å². The Morgan fingerprint density at radius 2 is 2.04 bits per heavy atom. The number of ether oxygens (including phenoxy) is 1. The Kier molecular flexibility index (Phi) is 5.27. The van der Waals surface area contributed by atoms with Crippen molar-refractivity contribution in [2.75, 3.05) is 7.11 Å². The zero-order chi connectivity index (χ0) is 17.6. The van der Waals surface area contributed by atoms with Gasteiger partial charge in [0.25, 0.3) is 0 Å². The summed E-state index contributed by atoms with van der Waals surface area (Å²) in [5.41, 5.74) is 4.69. The van der Waals surface area contributed by atoms with Crippen LogP contribution in [0.25, 0.3) is 22.9 Å². The summed E-state index contributed by atoms with van der Waals surface area (Å²) >= 11 is 1.47. The minimum absolute atomic E-state index is 0.573. The Morgan fingerprint density at radius 3 is 2.72 bits per heavy atom. The van der Waals surface area contributed by atoms with Crippen LogP contribution in [-0.4, -0.2) is 12.1 Å². The predicted molar refractivity (Wildman–Crippen MR) is 103 cm³/mol. The lowest BCUT2D eigenvalue weighted by Gasteiger charge is -2.01. The Morgan fingerprint density at radius 1 is 1.24 bits per heavy atom. The lowest BCUT2D eigenvalue weighted by atomic mass is 10.1. The van der Waals surface area contributed by atoms with E-state index in [-0.39, 0.29) is 0 Å². The van der Waals surface area contributed by atoms with Crippen LogP contribution < -0.4 is 4.74 Å². The lowest BCUT2D eigenvalue weighted by Crippen LogP contribution is -1.85. The topological polar surface area (TPSA) is 45.9 Å². The van der Waals surface area contributed by atoms with Gasteiger partial charge >= 0.3 is 0 Å². The van der Waals surface area contributed by atoms with E-state index < -0.39 is 0 Å². The average Bonchev–Trinajstić information content (AvgIpc) is 3.16. The van der Waals surface area contributed by atoms with Crippen LogP contribution in [0.5, 0.6) is 5.75 Å². The molecule has 3 rings (SSSR count). The SMILES string of the molecule is CCc1ccc(/C=C(\C#N)c2nc(-c3cccc(OC)c3)cs2)cc1. The molecular weight excluding hydrogens is 328 g/mol. The molecule has 0 radical (unpaired) electrons. The van der Waals surface area contributed by atoms with E-state index in [2.05, 4.69) is 30.1 Å². The molecule has 0 unspecified atom stereocenters. The van der Waals surface area contributed by atoms with Gasteiger partial charge in [0.15, 0.2) is 0 Å². The van der Waals surface area contributed by atoms with Gasteiger partial charge in [0.1, 0.15) is 16.8 Å². The first-order chi connectivity index (χ1) is 12.2. The van der Waals surface area contributed by atoms with Gasteiger partial charge in [-0.15, -0.1) is 11.3 Å². The smallest absolute Gasteiger partial charge is 0.134 e. The van der Waals surface area contributed by atoms with E-state index in [1.807, 2.05) is 47.9 Å². The molecule has 1 heterocycles. The summed E-state index contributed by atoms with van der Waals surface area (Å²) in [6.07, 6.45) is 2.89. The number of aromatic nitrogens is 1. The first-order valence-electron chi connectivity index (χ1n) is 8.04. The number of aryl methyl sites for hydroxylation is 1. The largest absolute Gasteiger partial charge is 0.497 e.